The number of non-ortho nitro benzene ring substituents is 1. The zero-order valence-corrected chi connectivity index (χ0v) is 21.5. The Labute approximate surface area is 238 Å². The number of anilines is 3. The molecular formula is C26H19F6N7O4. The fraction of sp³-hybridized carbons (Fsp3) is 0.154. The summed E-state index contributed by atoms with van der Waals surface area (Å²) >= 11 is 0. The van der Waals surface area contributed by atoms with Crippen LogP contribution in [0, 0.1) is 10.1 Å². The minimum absolute atomic E-state index is 0.120. The van der Waals surface area contributed by atoms with E-state index in [-0.39, 0.29) is 11.4 Å². The van der Waals surface area contributed by atoms with E-state index in [1.807, 2.05) is 30.3 Å². The predicted octanol–water partition coefficient (Wildman–Crippen LogP) is 6.42. The normalized spacial score (nSPS) is 11.9. The molecule has 2 N–H and O–H groups in total. The van der Waals surface area contributed by atoms with Crippen molar-refractivity contribution >= 4 is 29.5 Å². The number of hydrazone groups is 1. The average Bonchev–Trinajstić information content (AvgIpc) is 2.95. The number of hydrogen-bond acceptors (Lipinski definition) is 10. The molecule has 43 heavy (non-hydrogen) atoms. The van der Waals surface area contributed by atoms with Gasteiger partial charge in [-0.15, -0.1) is 0 Å². The second-order valence-electron chi connectivity index (χ2n) is 8.49. The van der Waals surface area contributed by atoms with Gasteiger partial charge in [0.15, 0.2) is 0 Å². The van der Waals surface area contributed by atoms with Gasteiger partial charge in [0.1, 0.15) is 12.4 Å². The highest BCUT2D eigenvalue weighted by atomic mass is 19.4. The molecule has 0 saturated carbocycles. The Morgan fingerprint density at radius 3 is 2.09 bits per heavy atom. The van der Waals surface area contributed by atoms with E-state index in [0.29, 0.717) is 17.9 Å². The van der Waals surface area contributed by atoms with E-state index in [2.05, 4.69) is 35.5 Å². The first kappa shape index (κ1) is 30.5. The Hall–Kier alpha value is -5.48. The van der Waals surface area contributed by atoms with Crippen molar-refractivity contribution in [2.24, 2.45) is 5.10 Å². The van der Waals surface area contributed by atoms with Gasteiger partial charge in [-0.3, -0.25) is 10.1 Å². The minimum Gasteiger partial charge on any atom is -0.489 e. The van der Waals surface area contributed by atoms with E-state index >= 15 is 0 Å². The third-order valence-electron chi connectivity index (χ3n) is 5.27. The van der Waals surface area contributed by atoms with Crippen LogP contribution in [0.4, 0.5) is 49.6 Å². The van der Waals surface area contributed by atoms with Gasteiger partial charge in [-0.2, -0.15) is 46.4 Å². The zero-order valence-electron chi connectivity index (χ0n) is 21.5. The molecule has 0 fully saturated rings. The van der Waals surface area contributed by atoms with Crippen LogP contribution in [-0.4, -0.2) is 44.5 Å². The van der Waals surface area contributed by atoms with Crippen molar-refractivity contribution in [2.75, 3.05) is 10.7 Å². The van der Waals surface area contributed by atoms with Gasteiger partial charge in [-0.1, -0.05) is 30.3 Å². The first-order valence-electron chi connectivity index (χ1n) is 12.0. The predicted molar refractivity (Wildman–Crippen MR) is 141 cm³/mol. The van der Waals surface area contributed by atoms with Crippen molar-refractivity contribution in [2.45, 2.75) is 25.1 Å². The monoisotopic (exact) mass is 607 g/mol. The summed E-state index contributed by atoms with van der Waals surface area (Å²) in [6.45, 7) is 0.347. The molecule has 11 nitrogen and oxygen atoms in total. The number of alkyl halides is 6. The lowest BCUT2D eigenvalue weighted by Crippen LogP contribution is -2.46. The summed E-state index contributed by atoms with van der Waals surface area (Å²) in [7, 11) is 0. The molecule has 0 atom stereocenters. The van der Waals surface area contributed by atoms with Gasteiger partial charge in [-0.25, -0.2) is 5.43 Å². The molecule has 0 spiro atoms. The molecule has 0 bridgehead atoms. The first-order valence-corrected chi connectivity index (χ1v) is 12.0. The van der Waals surface area contributed by atoms with Crippen LogP contribution in [0.3, 0.4) is 0 Å². The van der Waals surface area contributed by atoms with E-state index in [0.717, 1.165) is 17.7 Å². The number of rotatable bonds is 11. The van der Waals surface area contributed by atoms with E-state index in [4.69, 9.17) is 4.74 Å². The zero-order chi connectivity index (χ0) is 31.0. The molecule has 0 aliphatic carbocycles. The lowest BCUT2D eigenvalue weighted by atomic mass is 10.2. The van der Waals surface area contributed by atoms with Crippen LogP contribution in [-0.2, 0) is 6.61 Å². The van der Waals surface area contributed by atoms with Crippen molar-refractivity contribution in [3.8, 4) is 11.8 Å². The summed E-state index contributed by atoms with van der Waals surface area (Å²) < 4.78 is 88.2. The Kier molecular flexibility index (Phi) is 9.22. The third kappa shape index (κ3) is 9.00. The van der Waals surface area contributed by atoms with Gasteiger partial charge in [0, 0.05) is 17.8 Å². The molecular weight excluding hydrogens is 588 g/mol. The van der Waals surface area contributed by atoms with Crippen LogP contribution in [0.2, 0.25) is 0 Å². The number of nitro groups is 1. The Morgan fingerprint density at radius 2 is 1.49 bits per heavy atom. The third-order valence-corrected chi connectivity index (χ3v) is 5.27. The van der Waals surface area contributed by atoms with Crippen molar-refractivity contribution in [1.82, 2.24) is 15.0 Å². The van der Waals surface area contributed by atoms with Gasteiger partial charge >= 0.3 is 18.4 Å². The molecule has 0 aliphatic heterocycles. The minimum atomic E-state index is -5.83. The van der Waals surface area contributed by atoms with Crippen LogP contribution in [0.25, 0.3) is 0 Å². The van der Waals surface area contributed by atoms with E-state index in [1.165, 1.54) is 18.3 Å². The smallest absolute Gasteiger partial charge is 0.434 e. The number of ether oxygens (including phenoxy) is 2. The molecule has 17 heteroatoms. The second-order valence-corrected chi connectivity index (χ2v) is 8.49. The van der Waals surface area contributed by atoms with Crippen molar-refractivity contribution in [1.29, 1.82) is 0 Å². The van der Waals surface area contributed by atoms with Crippen LogP contribution < -0.4 is 20.2 Å². The summed E-state index contributed by atoms with van der Waals surface area (Å²) in [5.41, 5.74) is 3.67. The lowest BCUT2D eigenvalue weighted by Gasteiger charge is -2.22. The van der Waals surface area contributed by atoms with Gasteiger partial charge in [0.25, 0.3) is 17.7 Å². The largest absolute Gasteiger partial charge is 0.489 e. The Bertz CT molecular complexity index is 1540. The molecule has 0 saturated heterocycles. The molecule has 1 heterocycles. The molecule has 0 amide bonds. The summed E-state index contributed by atoms with van der Waals surface area (Å²) in [6.07, 6.45) is -14.6. The molecule has 3 aromatic carbocycles. The van der Waals surface area contributed by atoms with Gasteiger partial charge < -0.3 is 14.8 Å². The Morgan fingerprint density at radius 1 is 0.860 bits per heavy atom. The van der Waals surface area contributed by atoms with E-state index < -0.39 is 41.3 Å². The molecule has 0 unspecified atom stereocenters. The maximum Gasteiger partial charge on any atom is 0.434 e. The maximum atomic E-state index is 13.1. The van der Waals surface area contributed by atoms with Crippen LogP contribution in [0.5, 0.6) is 11.8 Å². The molecule has 4 aromatic rings. The highest BCUT2D eigenvalue weighted by molar-refractivity contribution is 5.80. The van der Waals surface area contributed by atoms with Crippen LogP contribution in [0.15, 0.2) is 84.0 Å². The number of aromatic nitrogens is 3. The van der Waals surface area contributed by atoms with E-state index in [1.54, 1.807) is 24.3 Å². The first-order chi connectivity index (χ1) is 20.4. The summed E-state index contributed by atoms with van der Waals surface area (Å²) in [6, 6.07) is 19.4. The summed E-state index contributed by atoms with van der Waals surface area (Å²) in [4.78, 5) is 21.0. The fourth-order valence-corrected chi connectivity index (χ4v) is 3.29. The van der Waals surface area contributed by atoms with E-state index in [9.17, 15) is 36.5 Å². The van der Waals surface area contributed by atoms with Crippen LogP contribution >= 0.6 is 0 Å². The second kappa shape index (κ2) is 13.0. The number of hydrogen-bond donors (Lipinski definition) is 2. The van der Waals surface area contributed by atoms with Crippen molar-refractivity contribution in [3.05, 3.63) is 100 Å². The molecule has 0 radical (unpaired) electrons. The van der Waals surface area contributed by atoms with Gasteiger partial charge in [0.05, 0.1) is 11.1 Å². The molecule has 1 aromatic heterocycles. The van der Waals surface area contributed by atoms with Crippen molar-refractivity contribution in [3.63, 3.8) is 0 Å². The standard InChI is InChI=1S/C26H19F6N7O4/c27-25(28,29)21(26(30,31)32)43-24-36-22(34-18-8-10-19(11-9-18)39(40)41)35-23(37-24)38-33-14-16-6-12-20(13-7-16)42-15-17-4-2-1-3-5-17/h1-14,21H,15H2,(H2,34,35,36,37,38)/b33-14+. The Balaban J connectivity index is 1.51. The molecule has 4 rings (SSSR count). The number of nitrogens with zero attached hydrogens (tertiary/aromatic N) is 5. The quantitative estimate of drug-likeness (QED) is 0.0857. The topological polar surface area (TPSA) is 137 Å². The highest BCUT2D eigenvalue weighted by Crippen LogP contribution is 2.36. The SMILES string of the molecule is O=[N+]([O-])c1ccc(Nc2nc(N/N=C/c3ccc(OCc4ccccc4)cc3)nc(OC(C(F)(F)F)C(F)(F)F)n2)cc1. The van der Waals surface area contributed by atoms with Crippen LogP contribution in [0.1, 0.15) is 11.1 Å². The summed E-state index contributed by atoms with van der Waals surface area (Å²) in [5, 5.41) is 17.2. The lowest BCUT2D eigenvalue weighted by molar-refractivity contribution is -0.384. The number of nitro benzene ring substituents is 1. The molecule has 224 valence electrons. The number of benzene rings is 3. The number of nitrogens with one attached hydrogen (secondary N) is 2. The highest BCUT2D eigenvalue weighted by Gasteiger charge is 2.59. The van der Waals surface area contributed by atoms with Crippen molar-refractivity contribution < 1.29 is 40.7 Å². The number of halogens is 6. The van der Waals surface area contributed by atoms with Gasteiger partial charge in [0.2, 0.25) is 5.95 Å². The van der Waals surface area contributed by atoms with Gasteiger partial charge in [-0.05, 0) is 47.5 Å². The maximum absolute atomic E-state index is 13.1. The summed E-state index contributed by atoms with van der Waals surface area (Å²) in [5.74, 6) is -0.546. The molecule has 0 aliphatic rings. The fourth-order valence-electron chi connectivity index (χ4n) is 3.29. The average molecular weight is 607 g/mol.